The van der Waals surface area contributed by atoms with Crippen LogP contribution in [0, 0.1) is 0 Å². The van der Waals surface area contributed by atoms with Crippen molar-refractivity contribution in [3.05, 3.63) is 0 Å². The minimum Gasteiger partial charge on any atom is -0.325 e. The van der Waals surface area contributed by atoms with Crippen LogP contribution in [0.5, 0.6) is 0 Å². The maximum absolute atomic E-state index is 11.1. The fourth-order valence-electron chi connectivity index (χ4n) is 2.09. The quantitative estimate of drug-likeness (QED) is 0.608. The van der Waals surface area contributed by atoms with E-state index in [4.69, 9.17) is 5.73 Å². The number of hydrogen-bond acceptors (Lipinski definition) is 4. The second-order valence-corrected chi connectivity index (χ2v) is 6.40. The first-order valence-electron chi connectivity index (χ1n) is 4.77. The molecule has 0 radical (unpaired) electrons. The Hall–Kier alpha value is -0.130. The second-order valence-electron chi connectivity index (χ2n) is 4.10. The van der Waals surface area contributed by atoms with E-state index in [9.17, 15) is 8.42 Å². The summed E-state index contributed by atoms with van der Waals surface area (Å²) in [6, 6.07) is 0.793. The Morgan fingerprint density at radius 2 is 1.69 bits per heavy atom. The van der Waals surface area contributed by atoms with Gasteiger partial charge >= 0.3 is 0 Å². The van der Waals surface area contributed by atoms with Gasteiger partial charge in [-0.2, -0.15) is 0 Å². The summed E-state index contributed by atoms with van der Waals surface area (Å²) in [4.78, 5) is 2.30. The Morgan fingerprint density at radius 3 is 2.15 bits per heavy atom. The maximum atomic E-state index is 11.1. The van der Waals surface area contributed by atoms with Crippen LogP contribution in [0.25, 0.3) is 0 Å². The van der Waals surface area contributed by atoms with Crippen molar-refractivity contribution in [2.75, 3.05) is 24.6 Å². The molecule has 0 spiro atoms. The van der Waals surface area contributed by atoms with E-state index in [0.717, 1.165) is 25.9 Å². The van der Waals surface area contributed by atoms with Crippen molar-refractivity contribution in [1.82, 2.24) is 4.90 Å². The molecule has 2 fully saturated rings. The summed E-state index contributed by atoms with van der Waals surface area (Å²) in [7, 11) is -2.70. The van der Waals surface area contributed by atoms with E-state index in [0.29, 0.717) is 23.6 Å². The third-order valence-electron chi connectivity index (χ3n) is 2.98. The molecule has 2 rings (SSSR count). The molecule has 76 valence electrons. The Bertz CT molecular complexity index is 269. The van der Waals surface area contributed by atoms with Crippen LogP contribution < -0.4 is 5.73 Å². The number of rotatable bonds is 1. The van der Waals surface area contributed by atoms with Crippen molar-refractivity contribution in [2.45, 2.75) is 24.9 Å². The third kappa shape index (κ3) is 2.03. The number of hydrogen-bond donors (Lipinski definition) is 1. The molecular weight excluding hydrogens is 188 g/mol. The normalized spacial score (nSPS) is 31.5. The van der Waals surface area contributed by atoms with Crippen LogP contribution in [0.4, 0.5) is 0 Å². The van der Waals surface area contributed by atoms with Gasteiger partial charge in [-0.1, -0.05) is 0 Å². The van der Waals surface area contributed by atoms with E-state index in [1.54, 1.807) is 0 Å². The van der Waals surface area contributed by atoms with Gasteiger partial charge in [0.25, 0.3) is 0 Å². The molecule has 0 saturated carbocycles. The Balaban J connectivity index is 1.85. The van der Waals surface area contributed by atoms with Crippen molar-refractivity contribution in [1.29, 1.82) is 0 Å². The predicted molar refractivity (Wildman–Crippen MR) is 51.2 cm³/mol. The molecule has 4 nitrogen and oxygen atoms in total. The van der Waals surface area contributed by atoms with Crippen molar-refractivity contribution in [2.24, 2.45) is 5.73 Å². The minimum atomic E-state index is -2.70. The predicted octanol–water partition coefficient (Wildman–Crippen LogP) is -0.793. The SMILES string of the molecule is NC1CN(C2CCS(=O)(=O)CC2)C1. The number of sulfone groups is 1. The Kier molecular flexibility index (Phi) is 2.33. The summed E-state index contributed by atoms with van der Waals surface area (Å²) in [6.07, 6.45) is 1.60. The summed E-state index contributed by atoms with van der Waals surface area (Å²) in [6.45, 7) is 1.90. The first-order chi connectivity index (χ1) is 6.07. The standard InChI is InChI=1S/C8H16N2O2S/c9-7-5-10(6-7)8-1-3-13(11,12)4-2-8/h7-8H,1-6,9H2. The van der Waals surface area contributed by atoms with E-state index >= 15 is 0 Å². The van der Waals surface area contributed by atoms with Crippen LogP contribution in [0.2, 0.25) is 0 Å². The average molecular weight is 204 g/mol. The van der Waals surface area contributed by atoms with Gasteiger partial charge in [0.15, 0.2) is 0 Å². The molecule has 13 heavy (non-hydrogen) atoms. The summed E-state index contributed by atoms with van der Waals surface area (Å²) in [5, 5.41) is 0. The second kappa shape index (κ2) is 3.22. The van der Waals surface area contributed by atoms with E-state index in [2.05, 4.69) is 4.90 Å². The fraction of sp³-hybridized carbons (Fsp3) is 1.00. The van der Waals surface area contributed by atoms with Gasteiger partial charge in [-0.25, -0.2) is 8.42 Å². The lowest BCUT2D eigenvalue weighted by molar-refractivity contribution is 0.0877. The number of likely N-dealkylation sites (tertiary alicyclic amines) is 1. The van der Waals surface area contributed by atoms with Gasteiger partial charge in [-0.3, -0.25) is 4.90 Å². The Labute approximate surface area is 79.0 Å². The zero-order valence-corrected chi connectivity index (χ0v) is 8.46. The van der Waals surface area contributed by atoms with E-state index in [1.807, 2.05) is 0 Å². The smallest absolute Gasteiger partial charge is 0.150 e. The molecule has 2 aliphatic rings. The molecule has 0 aromatic heterocycles. The van der Waals surface area contributed by atoms with Gasteiger partial charge in [0.05, 0.1) is 11.5 Å². The van der Waals surface area contributed by atoms with E-state index in [-0.39, 0.29) is 0 Å². The number of nitrogens with two attached hydrogens (primary N) is 1. The molecule has 2 heterocycles. The van der Waals surface area contributed by atoms with Gasteiger partial charge in [0, 0.05) is 25.2 Å². The molecule has 0 unspecified atom stereocenters. The highest BCUT2D eigenvalue weighted by atomic mass is 32.2. The van der Waals surface area contributed by atoms with Gasteiger partial charge in [-0.15, -0.1) is 0 Å². The lowest BCUT2D eigenvalue weighted by atomic mass is 10.0. The lowest BCUT2D eigenvalue weighted by Crippen LogP contribution is -2.60. The van der Waals surface area contributed by atoms with Gasteiger partial charge in [-0.05, 0) is 12.8 Å². The zero-order chi connectivity index (χ0) is 9.47. The Morgan fingerprint density at radius 1 is 1.15 bits per heavy atom. The topological polar surface area (TPSA) is 63.4 Å². The molecular formula is C8H16N2O2S. The highest BCUT2D eigenvalue weighted by Gasteiger charge is 2.33. The average Bonchev–Trinajstić information content (AvgIpc) is 2.00. The van der Waals surface area contributed by atoms with Crippen LogP contribution in [0.15, 0.2) is 0 Å². The van der Waals surface area contributed by atoms with Crippen LogP contribution in [-0.4, -0.2) is 50.0 Å². The highest BCUT2D eigenvalue weighted by Crippen LogP contribution is 2.21. The molecule has 0 aromatic rings. The molecule has 0 aromatic carbocycles. The number of nitrogens with zero attached hydrogens (tertiary/aromatic N) is 1. The molecule has 2 saturated heterocycles. The van der Waals surface area contributed by atoms with E-state index < -0.39 is 9.84 Å². The first kappa shape index (κ1) is 9.43. The monoisotopic (exact) mass is 204 g/mol. The first-order valence-corrected chi connectivity index (χ1v) is 6.59. The summed E-state index contributed by atoms with van der Waals surface area (Å²) >= 11 is 0. The summed E-state index contributed by atoms with van der Waals surface area (Å²) in [5.41, 5.74) is 5.67. The van der Waals surface area contributed by atoms with Crippen LogP contribution in [0.3, 0.4) is 0 Å². The summed E-state index contributed by atoms with van der Waals surface area (Å²) < 4.78 is 22.3. The van der Waals surface area contributed by atoms with Crippen molar-refractivity contribution in [3.63, 3.8) is 0 Å². The molecule has 2 aliphatic heterocycles. The van der Waals surface area contributed by atoms with Gasteiger partial charge in [0.2, 0.25) is 0 Å². The minimum absolute atomic E-state index is 0.318. The van der Waals surface area contributed by atoms with Crippen LogP contribution in [0.1, 0.15) is 12.8 Å². The van der Waals surface area contributed by atoms with Crippen LogP contribution in [-0.2, 0) is 9.84 Å². The van der Waals surface area contributed by atoms with Crippen LogP contribution >= 0.6 is 0 Å². The van der Waals surface area contributed by atoms with Gasteiger partial charge < -0.3 is 5.73 Å². The zero-order valence-electron chi connectivity index (χ0n) is 7.65. The molecule has 0 bridgehead atoms. The molecule has 0 amide bonds. The molecule has 0 atom stereocenters. The largest absolute Gasteiger partial charge is 0.325 e. The molecule has 2 N–H and O–H groups in total. The fourth-order valence-corrected chi connectivity index (χ4v) is 3.56. The van der Waals surface area contributed by atoms with Gasteiger partial charge in [0.1, 0.15) is 9.84 Å². The van der Waals surface area contributed by atoms with E-state index in [1.165, 1.54) is 0 Å². The van der Waals surface area contributed by atoms with Crippen molar-refractivity contribution >= 4 is 9.84 Å². The maximum Gasteiger partial charge on any atom is 0.150 e. The van der Waals surface area contributed by atoms with Crippen molar-refractivity contribution in [3.8, 4) is 0 Å². The molecule has 0 aliphatic carbocycles. The lowest BCUT2D eigenvalue weighted by Gasteiger charge is -2.44. The summed E-state index contributed by atoms with van der Waals surface area (Å²) in [5.74, 6) is 0.729. The third-order valence-corrected chi connectivity index (χ3v) is 4.69. The molecule has 5 heteroatoms. The van der Waals surface area contributed by atoms with Crippen molar-refractivity contribution < 1.29 is 8.42 Å². The highest BCUT2D eigenvalue weighted by molar-refractivity contribution is 7.91.